The van der Waals surface area contributed by atoms with Gasteiger partial charge in [0.15, 0.2) is 0 Å². The summed E-state index contributed by atoms with van der Waals surface area (Å²) >= 11 is 0. The Bertz CT molecular complexity index is 1410. The predicted molar refractivity (Wildman–Crippen MR) is 158 cm³/mol. The number of aliphatic hydroxyl groups is 2. The highest BCUT2D eigenvalue weighted by Gasteiger charge is 2.31. The molecule has 4 N–H and O–H groups in total. The number of carboxylic acid groups (broad SMARTS) is 1. The number of aliphatic hydroxyl groups excluding tert-OH is 2. The fraction of sp³-hybridized carbons (Fsp3) is 0.333. The average Bonchev–Trinajstić information content (AvgIpc) is 3.28. The van der Waals surface area contributed by atoms with E-state index in [4.69, 9.17) is 5.11 Å². The summed E-state index contributed by atoms with van der Waals surface area (Å²) in [4.78, 5) is 25.0. The van der Waals surface area contributed by atoms with Crippen molar-refractivity contribution in [2.24, 2.45) is 0 Å². The first-order valence-electron chi connectivity index (χ1n) is 13.9. The number of anilines is 1. The maximum Gasteiger partial charge on any atom is 0.305 e. The molecule has 8 heteroatoms. The number of rotatable bonds is 12. The largest absolute Gasteiger partial charge is 0.481 e. The first-order chi connectivity index (χ1) is 19.7. The van der Waals surface area contributed by atoms with E-state index in [1.807, 2.05) is 85.2 Å². The molecule has 0 fully saturated rings. The minimum absolute atomic E-state index is 0.0844. The number of carbonyl (C=O) groups excluding carboxylic acids is 1. The van der Waals surface area contributed by atoms with Gasteiger partial charge in [-0.1, -0.05) is 74.5 Å². The Morgan fingerprint density at radius 3 is 2.27 bits per heavy atom. The summed E-state index contributed by atoms with van der Waals surface area (Å²) in [5.41, 5.74) is 5.00. The zero-order valence-electron chi connectivity index (χ0n) is 23.3. The highest BCUT2D eigenvalue weighted by atomic mass is 19.1. The molecule has 3 atom stereocenters. The number of para-hydroxylation sites is 1. The van der Waals surface area contributed by atoms with Crippen LogP contribution in [0.4, 0.5) is 10.1 Å². The molecule has 0 saturated carbocycles. The number of nitrogens with one attached hydrogen (secondary N) is 1. The van der Waals surface area contributed by atoms with Crippen molar-refractivity contribution in [3.8, 4) is 11.1 Å². The topological polar surface area (TPSA) is 112 Å². The van der Waals surface area contributed by atoms with Crippen LogP contribution in [0.1, 0.15) is 67.2 Å². The SMILES string of the molecule is CC(C)c1c(C(=O)Nc2ccccc2)c(-c2ccccc2)c(C2=CCC(F)C=C2)n1CCC(O)CC(O)CC(=O)O. The molecule has 0 spiro atoms. The van der Waals surface area contributed by atoms with Crippen molar-refractivity contribution < 1.29 is 29.3 Å². The molecule has 1 aliphatic rings. The fourth-order valence-corrected chi connectivity index (χ4v) is 5.37. The number of hydrogen-bond acceptors (Lipinski definition) is 4. The van der Waals surface area contributed by atoms with Gasteiger partial charge >= 0.3 is 5.97 Å². The smallest absolute Gasteiger partial charge is 0.305 e. The summed E-state index contributed by atoms with van der Waals surface area (Å²) in [6, 6.07) is 18.8. The van der Waals surface area contributed by atoms with Crippen molar-refractivity contribution in [2.45, 2.75) is 70.4 Å². The van der Waals surface area contributed by atoms with Crippen LogP contribution in [0.15, 0.2) is 78.9 Å². The van der Waals surface area contributed by atoms with E-state index in [1.54, 1.807) is 6.08 Å². The molecule has 4 rings (SSSR count). The van der Waals surface area contributed by atoms with E-state index >= 15 is 0 Å². The molecule has 3 aromatic rings. The Morgan fingerprint density at radius 1 is 1.02 bits per heavy atom. The van der Waals surface area contributed by atoms with E-state index in [9.17, 15) is 24.2 Å². The third-order valence-corrected chi connectivity index (χ3v) is 7.13. The molecule has 216 valence electrons. The van der Waals surface area contributed by atoms with Crippen molar-refractivity contribution in [2.75, 3.05) is 5.32 Å². The Hall–Kier alpha value is -4.01. The van der Waals surface area contributed by atoms with Gasteiger partial charge in [0.2, 0.25) is 0 Å². The number of aromatic nitrogens is 1. The maximum absolute atomic E-state index is 14.1. The molecule has 3 unspecified atom stereocenters. The molecule has 0 saturated heterocycles. The average molecular weight is 561 g/mol. The lowest BCUT2D eigenvalue weighted by Crippen LogP contribution is -2.23. The monoisotopic (exact) mass is 560 g/mol. The predicted octanol–water partition coefficient (Wildman–Crippen LogP) is 6.19. The first-order valence-corrected chi connectivity index (χ1v) is 13.9. The van der Waals surface area contributed by atoms with Gasteiger partial charge in [-0.2, -0.15) is 0 Å². The van der Waals surface area contributed by atoms with E-state index in [0.717, 1.165) is 28.1 Å². The Kier molecular flexibility index (Phi) is 9.91. The molecule has 1 amide bonds. The quantitative estimate of drug-likeness (QED) is 0.211. The number of hydrogen-bond donors (Lipinski definition) is 4. The van der Waals surface area contributed by atoms with Crippen LogP contribution in [-0.2, 0) is 11.3 Å². The molecular weight excluding hydrogens is 523 g/mol. The lowest BCUT2D eigenvalue weighted by Gasteiger charge is -2.21. The van der Waals surface area contributed by atoms with Crippen molar-refractivity contribution in [1.29, 1.82) is 0 Å². The molecule has 0 bridgehead atoms. The van der Waals surface area contributed by atoms with Crippen LogP contribution in [0.5, 0.6) is 0 Å². The van der Waals surface area contributed by atoms with Crippen LogP contribution in [0.25, 0.3) is 16.7 Å². The number of allylic oxidation sites excluding steroid dienone is 4. The second-order valence-electron chi connectivity index (χ2n) is 10.7. The first kappa shape index (κ1) is 30.0. The normalized spacial score (nSPS) is 16.3. The van der Waals surface area contributed by atoms with Crippen molar-refractivity contribution in [1.82, 2.24) is 4.57 Å². The lowest BCUT2D eigenvalue weighted by atomic mass is 9.92. The third-order valence-electron chi connectivity index (χ3n) is 7.13. The van der Waals surface area contributed by atoms with Crippen LogP contribution in [0.3, 0.4) is 0 Å². The van der Waals surface area contributed by atoms with Gasteiger partial charge in [-0.25, -0.2) is 4.39 Å². The summed E-state index contributed by atoms with van der Waals surface area (Å²) in [6.45, 7) is 4.30. The summed E-state index contributed by atoms with van der Waals surface area (Å²) < 4.78 is 16.2. The third kappa shape index (κ3) is 7.39. The number of halogens is 1. The number of alkyl halides is 1. The number of aliphatic carboxylic acids is 1. The summed E-state index contributed by atoms with van der Waals surface area (Å²) in [5.74, 6) is -1.51. The van der Waals surface area contributed by atoms with Crippen molar-refractivity contribution >= 4 is 23.1 Å². The van der Waals surface area contributed by atoms with Gasteiger partial charge in [0, 0.05) is 29.9 Å². The lowest BCUT2D eigenvalue weighted by molar-refractivity contribution is -0.139. The Labute approximate surface area is 239 Å². The summed E-state index contributed by atoms with van der Waals surface area (Å²) in [5, 5.41) is 32.8. The second kappa shape index (κ2) is 13.6. The number of amides is 1. The van der Waals surface area contributed by atoms with Gasteiger partial charge in [0.25, 0.3) is 5.91 Å². The molecule has 7 nitrogen and oxygen atoms in total. The minimum atomic E-state index is -1.17. The van der Waals surface area contributed by atoms with Gasteiger partial charge in [-0.15, -0.1) is 0 Å². The van der Waals surface area contributed by atoms with Gasteiger partial charge in [0.05, 0.1) is 29.9 Å². The van der Waals surface area contributed by atoms with Gasteiger partial charge in [-0.05, 0) is 48.1 Å². The van der Waals surface area contributed by atoms with Crippen molar-refractivity contribution in [3.63, 3.8) is 0 Å². The van der Waals surface area contributed by atoms with E-state index < -0.39 is 30.8 Å². The van der Waals surface area contributed by atoms with Crippen LogP contribution in [0, 0.1) is 0 Å². The molecule has 1 heterocycles. The van der Waals surface area contributed by atoms with Crippen LogP contribution in [0.2, 0.25) is 0 Å². The number of carbonyl (C=O) groups is 2. The van der Waals surface area contributed by atoms with Gasteiger partial charge in [0.1, 0.15) is 6.17 Å². The van der Waals surface area contributed by atoms with Crippen LogP contribution < -0.4 is 5.32 Å². The molecular formula is C33H37FN2O5. The Morgan fingerprint density at radius 2 is 1.68 bits per heavy atom. The molecule has 0 aliphatic heterocycles. The standard InChI is InChI=1S/C33H37FN2O5/c1-21(2)31-30(33(41)35-25-11-7-4-8-12-25)29(22-9-5-3-6-10-22)32(23-13-15-24(34)16-14-23)36(31)18-17-26(37)19-27(38)20-28(39)40/h3-15,21,24,26-27,37-38H,16-20H2,1-2H3,(H,35,41)(H,39,40). The van der Waals surface area contributed by atoms with E-state index in [2.05, 4.69) is 5.32 Å². The molecule has 1 aliphatic carbocycles. The molecule has 0 radical (unpaired) electrons. The summed E-state index contributed by atoms with van der Waals surface area (Å²) in [6.07, 6.45) is 1.74. The molecule has 1 aromatic heterocycles. The number of carboxylic acids is 1. The second-order valence-corrected chi connectivity index (χ2v) is 10.7. The molecule has 41 heavy (non-hydrogen) atoms. The van der Waals surface area contributed by atoms with E-state index in [1.165, 1.54) is 6.08 Å². The highest BCUT2D eigenvalue weighted by molar-refractivity contribution is 6.12. The number of benzene rings is 2. The van der Waals surface area contributed by atoms with Crippen LogP contribution >= 0.6 is 0 Å². The maximum atomic E-state index is 14.1. The van der Waals surface area contributed by atoms with E-state index in [0.29, 0.717) is 17.8 Å². The number of nitrogens with zero attached hydrogens (tertiary/aromatic N) is 1. The van der Waals surface area contributed by atoms with Crippen molar-refractivity contribution in [3.05, 3.63) is 95.8 Å². The minimum Gasteiger partial charge on any atom is -0.481 e. The fourth-order valence-electron chi connectivity index (χ4n) is 5.37. The zero-order valence-corrected chi connectivity index (χ0v) is 23.3. The highest BCUT2D eigenvalue weighted by Crippen LogP contribution is 2.42. The Balaban J connectivity index is 1.87. The van der Waals surface area contributed by atoms with Crippen LogP contribution in [-0.4, -0.2) is 50.1 Å². The van der Waals surface area contributed by atoms with Gasteiger partial charge < -0.3 is 25.2 Å². The molecule has 2 aromatic carbocycles. The van der Waals surface area contributed by atoms with E-state index in [-0.39, 0.29) is 31.1 Å². The van der Waals surface area contributed by atoms with Gasteiger partial charge in [-0.3, -0.25) is 9.59 Å². The summed E-state index contributed by atoms with van der Waals surface area (Å²) in [7, 11) is 0. The zero-order chi connectivity index (χ0) is 29.5.